The quantitative estimate of drug-likeness (QED) is 0.210. The minimum atomic E-state index is 1.07. The molecule has 0 aliphatic carbocycles. The lowest BCUT2D eigenvalue weighted by Crippen LogP contribution is -1.95. The van der Waals surface area contributed by atoms with Gasteiger partial charge in [0, 0.05) is 38.8 Å². The van der Waals surface area contributed by atoms with E-state index in [1.165, 1.54) is 82.8 Å². The summed E-state index contributed by atoms with van der Waals surface area (Å²) in [7, 11) is 0. The third-order valence-corrected chi connectivity index (χ3v) is 9.91. The summed E-state index contributed by atoms with van der Waals surface area (Å²) in [6.45, 7) is 0. The topological polar surface area (TPSA) is 17.0 Å². The van der Waals surface area contributed by atoms with Gasteiger partial charge in [0.05, 0.1) is 16.7 Å². The van der Waals surface area contributed by atoms with E-state index in [2.05, 4.69) is 186 Å². The van der Waals surface area contributed by atoms with Crippen molar-refractivity contribution in [1.29, 1.82) is 0 Å². The standard InChI is InChI=1S/C46H30N2/c1-2-13-35(14-3-1)47-43-25-23-32(28-41(43)34-22-21-30-11-4-5-12-31(30)27-34)33-24-26-45-42(29-33)40-19-10-18-39-37-16-7-6-15-36(37)38-17-8-9-20-44(38)48(45)46(39)40/h1-29,47H. The van der Waals surface area contributed by atoms with Crippen LogP contribution in [0.15, 0.2) is 176 Å². The van der Waals surface area contributed by atoms with Crippen molar-refractivity contribution >= 4 is 44.0 Å². The lowest BCUT2D eigenvalue weighted by atomic mass is 9.93. The molecule has 224 valence electrons. The molecule has 10 rings (SSSR count). The third-order valence-electron chi connectivity index (χ3n) is 9.91. The van der Waals surface area contributed by atoms with Crippen molar-refractivity contribution < 1.29 is 0 Å². The number of fused-ring (bicyclic) bond motifs is 9. The van der Waals surface area contributed by atoms with Crippen LogP contribution in [-0.4, -0.2) is 4.57 Å². The number of para-hydroxylation sites is 3. The molecule has 1 aliphatic heterocycles. The van der Waals surface area contributed by atoms with Gasteiger partial charge in [-0.15, -0.1) is 0 Å². The minimum Gasteiger partial charge on any atom is -0.355 e. The highest BCUT2D eigenvalue weighted by atomic mass is 15.0. The van der Waals surface area contributed by atoms with Gasteiger partial charge < -0.3 is 9.88 Å². The van der Waals surface area contributed by atoms with Crippen LogP contribution in [0.5, 0.6) is 0 Å². The molecule has 8 aromatic carbocycles. The van der Waals surface area contributed by atoms with Crippen molar-refractivity contribution in [2.45, 2.75) is 0 Å². The fourth-order valence-electron chi connectivity index (χ4n) is 7.67. The molecule has 1 aliphatic rings. The van der Waals surface area contributed by atoms with Gasteiger partial charge in [0.25, 0.3) is 0 Å². The Bertz CT molecular complexity index is 2700. The second-order valence-electron chi connectivity index (χ2n) is 12.6. The number of hydrogen-bond acceptors (Lipinski definition) is 1. The van der Waals surface area contributed by atoms with Crippen molar-refractivity contribution in [1.82, 2.24) is 4.57 Å². The first-order chi connectivity index (χ1) is 23.8. The maximum Gasteiger partial charge on any atom is 0.0619 e. The average molecular weight is 611 g/mol. The van der Waals surface area contributed by atoms with Crippen LogP contribution in [0.2, 0.25) is 0 Å². The summed E-state index contributed by atoms with van der Waals surface area (Å²) in [6.07, 6.45) is 0. The van der Waals surface area contributed by atoms with E-state index in [0.29, 0.717) is 0 Å². The van der Waals surface area contributed by atoms with Gasteiger partial charge in [-0.05, 0) is 87.1 Å². The smallest absolute Gasteiger partial charge is 0.0619 e. The summed E-state index contributed by atoms with van der Waals surface area (Å²) >= 11 is 0. The Morgan fingerprint density at radius 3 is 1.92 bits per heavy atom. The van der Waals surface area contributed by atoms with Gasteiger partial charge in [-0.3, -0.25) is 0 Å². The molecule has 9 aromatic rings. The van der Waals surface area contributed by atoms with Crippen molar-refractivity contribution in [3.05, 3.63) is 176 Å². The Balaban J connectivity index is 1.19. The fourth-order valence-corrected chi connectivity index (χ4v) is 7.67. The van der Waals surface area contributed by atoms with Crippen LogP contribution in [0.3, 0.4) is 0 Å². The highest BCUT2D eigenvalue weighted by molar-refractivity contribution is 6.17. The second kappa shape index (κ2) is 10.6. The molecule has 1 aromatic heterocycles. The molecular formula is C46H30N2. The van der Waals surface area contributed by atoms with E-state index >= 15 is 0 Å². The number of aromatic nitrogens is 1. The molecule has 1 N–H and O–H groups in total. The van der Waals surface area contributed by atoms with Crippen LogP contribution in [0.4, 0.5) is 11.4 Å². The summed E-state index contributed by atoms with van der Waals surface area (Å²) in [5.41, 5.74) is 15.7. The third kappa shape index (κ3) is 4.13. The molecule has 0 fully saturated rings. The molecule has 0 atom stereocenters. The normalized spacial score (nSPS) is 11.8. The van der Waals surface area contributed by atoms with Gasteiger partial charge in [-0.2, -0.15) is 0 Å². The van der Waals surface area contributed by atoms with E-state index < -0.39 is 0 Å². The second-order valence-corrected chi connectivity index (χ2v) is 12.6. The van der Waals surface area contributed by atoms with Crippen LogP contribution < -0.4 is 5.32 Å². The van der Waals surface area contributed by atoms with Crippen molar-refractivity contribution in [2.24, 2.45) is 0 Å². The van der Waals surface area contributed by atoms with E-state index in [4.69, 9.17) is 0 Å². The van der Waals surface area contributed by atoms with Crippen LogP contribution in [0.1, 0.15) is 0 Å². The molecule has 0 amide bonds. The highest BCUT2D eigenvalue weighted by Gasteiger charge is 2.24. The van der Waals surface area contributed by atoms with Gasteiger partial charge in [0.2, 0.25) is 0 Å². The van der Waals surface area contributed by atoms with Crippen LogP contribution >= 0.6 is 0 Å². The number of rotatable bonds is 4. The number of nitrogens with one attached hydrogen (secondary N) is 1. The molecular weight excluding hydrogens is 581 g/mol. The van der Waals surface area contributed by atoms with Gasteiger partial charge in [-0.1, -0.05) is 127 Å². The summed E-state index contributed by atoms with van der Waals surface area (Å²) < 4.78 is 2.48. The highest BCUT2D eigenvalue weighted by Crippen LogP contribution is 2.47. The molecule has 0 unspecified atom stereocenters. The molecule has 2 nitrogen and oxygen atoms in total. The minimum absolute atomic E-state index is 1.07. The number of benzene rings is 8. The fraction of sp³-hybridized carbons (Fsp3) is 0. The Kier molecular flexibility index (Phi) is 5.91. The van der Waals surface area contributed by atoms with Crippen molar-refractivity contribution in [2.75, 3.05) is 5.32 Å². The average Bonchev–Trinajstić information content (AvgIpc) is 3.42. The summed E-state index contributed by atoms with van der Waals surface area (Å²) in [5.74, 6) is 0. The van der Waals surface area contributed by atoms with Gasteiger partial charge in [0.1, 0.15) is 0 Å². The number of hydrogen-bond donors (Lipinski definition) is 1. The molecule has 0 bridgehead atoms. The van der Waals surface area contributed by atoms with E-state index in [1.54, 1.807) is 0 Å². The monoisotopic (exact) mass is 610 g/mol. The summed E-state index contributed by atoms with van der Waals surface area (Å²) in [5, 5.41) is 8.71. The Labute approximate surface area is 279 Å². The Morgan fingerprint density at radius 2 is 1.04 bits per heavy atom. The van der Waals surface area contributed by atoms with Crippen LogP contribution in [0.25, 0.3) is 82.8 Å². The molecule has 2 heteroatoms. The molecule has 48 heavy (non-hydrogen) atoms. The van der Waals surface area contributed by atoms with E-state index in [-0.39, 0.29) is 0 Å². The maximum atomic E-state index is 3.70. The number of anilines is 2. The molecule has 0 saturated carbocycles. The maximum absolute atomic E-state index is 3.70. The number of nitrogens with zero attached hydrogens (tertiary/aromatic N) is 1. The Morgan fingerprint density at radius 1 is 0.375 bits per heavy atom. The lowest BCUT2D eigenvalue weighted by molar-refractivity contribution is 1.19. The van der Waals surface area contributed by atoms with E-state index in [0.717, 1.165) is 11.4 Å². The molecule has 0 spiro atoms. The van der Waals surface area contributed by atoms with Crippen LogP contribution in [0, 0.1) is 0 Å². The van der Waals surface area contributed by atoms with Crippen molar-refractivity contribution in [3.63, 3.8) is 0 Å². The first kappa shape index (κ1) is 26.8. The van der Waals surface area contributed by atoms with Crippen molar-refractivity contribution in [3.8, 4) is 50.2 Å². The summed E-state index contributed by atoms with van der Waals surface area (Å²) in [6, 6.07) is 64.0. The zero-order chi connectivity index (χ0) is 31.6. The zero-order valence-corrected chi connectivity index (χ0v) is 26.2. The first-order valence-electron chi connectivity index (χ1n) is 16.5. The lowest BCUT2D eigenvalue weighted by Gasteiger charge is -2.16. The van der Waals surface area contributed by atoms with Gasteiger partial charge in [-0.25, -0.2) is 0 Å². The SMILES string of the molecule is c1ccc(Nc2ccc(-c3ccc4c(c3)c3cccc5c3n4-c3ccccc3-c3ccccc3-5)cc2-c2ccc3ccccc3c2)cc1. The van der Waals surface area contributed by atoms with E-state index in [1.807, 2.05) is 0 Å². The first-order valence-corrected chi connectivity index (χ1v) is 16.5. The molecule has 0 radical (unpaired) electrons. The van der Waals surface area contributed by atoms with Crippen LogP contribution in [-0.2, 0) is 0 Å². The van der Waals surface area contributed by atoms with Gasteiger partial charge in [0.15, 0.2) is 0 Å². The summed E-state index contributed by atoms with van der Waals surface area (Å²) in [4.78, 5) is 0. The van der Waals surface area contributed by atoms with Gasteiger partial charge >= 0.3 is 0 Å². The largest absolute Gasteiger partial charge is 0.355 e. The molecule has 2 heterocycles. The predicted molar refractivity (Wildman–Crippen MR) is 203 cm³/mol. The Hall–Kier alpha value is -6.38. The zero-order valence-electron chi connectivity index (χ0n) is 26.2. The predicted octanol–water partition coefficient (Wildman–Crippen LogP) is 12.7. The van der Waals surface area contributed by atoms with E-state index in [9.17, 15) is 0 Å². The molecule has 0 saturated heterocycles.